The van der Waals surface area contributed by atoms with Crippen LogP contribution in [0, 0.1) is 0 Å². The second-order valence-electron chi connectivity index (χ2n) is 7.00. The van der Waals surface area contributed by atoms with Crippen LogP contribution in [-0.4, -0.2) is 17.2 Å². The Morgan fingerprint density at radius 3 is 2.25 bits per heavy atom. The van der Waals surface area contributed by atoms with Gasteiger partial charge in [-0.3, -0.25) is 4.79 Å². The minimum Gasteiger partial charge on any atom is -0.507 e. The third-order valence-corrected chi connectivity index (χ3v) is 5.91. The van der Waals surface area contributed by atoms with Crippen LogP contribution in [0.5, 0.6) is 11.5 Å². The Balaban J connectivity index is 1.44. The average molecular weight is 554 g/mol. The first-order chi connectivity index (χ1) is 15.5. The van der Waals surface area contributed by atoms with E-state index in [0.29, 0.717) is 12.4 Å². The highest BCUT2D eigenvalue weighted by Crippen LogP contribution is 2.35. The summed E-state index contributed by atoms with van der Waals surface area (Å²) in [5, 5.41) is 15.9. The highest BCUT2D eigenvalue weighted by molar-refractivity contribution is 9.11. The van der Waals surface area contributed by atoms with Gasteiger partial charge in [-0.05, 0) is 78.0 Å². The number of fused-ring (bicyclic) bond motifs is 1. The molecule has 0 saturated heterocycles. The Morgan fingerprint density at radius 2 is 1.56 bits per heavy atom. The number of hydrogen-bond donors (Lipinski definition) is 2. The van der Waals surface area contributed by atoms with E-state index in [1.54, 1.807) is 12.1 Å². The molecular formula is C25H18Br2N2O3. The first-order valence-corrected chi connectivity index (χ1v) is 11.3. The third-order valence-electron chi connectivity index (χ3n) is 4.73. The van der Waals surface area contributed by atoms with E-state index in [0.717, 1.165) is 30.8 Å². The second kappa shape index (κ2) is 9.97. The molecule has 32 heavy (non-hydrogen) atoms. The molecule has 5 nitrogen and oxygen atoms in total. The number of rotatable bonds is 6. The number of carbonyl (C=O) groups excluding carboxylic acids is 1. The van der Waals surface area contributed by atoms with Crippen molar-refractivity contribution in [1.82, 2.24) is 5.43 Å². The number of ether oxygens (including phenoxy) is 1. The fourth-order valence-corrected chi connectivity index (χ4v) is 4.61. The summed E-state index contributed by atoms with van der Waals surface area (Å²) in [6.45, 7) is 0.441. The standard InChI is InChI=1S/C25H18Br2N2O3/c26-21-10-17(11-22(27)24(21)32-15-16-6-2-1-3-7-16)14-28-29-25(31)20-12-18-8-4-5-9-19(18)13-23(20)30/h1-14,30H,15H2,(H,29,31). The van der Waals surface area contributed by atoms with Crippen molar-refractivity contribution in [2.75, 3.05) is 0 Å². The molecule has 2 N–H and O–H groups in total. The summed E-state index contributed by atoms with van der Waals surface area (Å²) < 4.78 is 7.43. The zero-order valence-electron chi connectivity index (χ0n) is 16.8. The normalized spacial score (nSPS) is 11.1. The van der Waals surface area contributed by atoms with Crippen molar-refractivity contribution < 1.29 is 14.6 Å². The van der Waals surface area contributed by atoms with Crippen molar-refractivity contribution in [1.29, 1.82) is 0 Å². The molecule has 0 heterocycles. The van der Waals surface area contributed by atoms with Gasteiger partial charge in [-0.25, -0.2) is 5.43 Å². The van der Waals surface area contributed by atoms with Crippen LogP contribution < -0.4 is 10.2 Å². The molecule has 4 rings (SSSR count). The molecule has 0 atom stereocenters. The lowest BCUT2D eigenvalue weighted by molar-refractivity contribution is 0.0952. The molecule has 0 saturated carbocycles. The highest BCUT2D eigenvalue weighted by atomic mass is 79.9. The van der Waals surface area contributed by atoms with Gasteiger partial charge >= 0.3 is 0 Å². The molecule has 0 aliphatic carbocycles. The number of phenols is 1. The van der Waals surface area contributed by atoms with Crippen LogP contribution in [0.25, 0.3) is 10.8 Å². The molecule has 4 aromatic carbocycles. The summed E-state index contributed by atoms with van der Waals surface area (Å²) in [7, 11) is 0. The number of phenolic OH excluding ortho intramolecular Hbond substituents is 1. The van der Waals surface area contributed by atoms with Crippen LogP contribution in [0.15, 0.2) is 92.9 Å². The van der Waals surface area contributed by atoms with E-state index in [2.05, 4.69) is 42.4 Å². The average Bonchev–Trinajstić information content (AvgIpc) is 2.78. The zero-order valence-corrected chi connectivity index (χ0v) is 19.9. The number of aromatic hydroxyl groups is 1. The van der Waals surface area contributed by atoms with Crippen LogP contribution in [0.4, 0.5) is 0 Å². The van der Waals surface area contributed by atoms with Crippen LogP contribution in [0.2, 0.25) is 0 Å². The van der Waals surface area contributed by atoms with Crippen molar-refractivity contribution in [3.8, 4) is 11.5 Å². The lowest BCUT2D eigenvalue weighted by Gasteiger charge is -2.11. The summed E-state index contributed by atoms with van der Waals surface area (Å²) in [5.74, 6) is 0.0865. The first kappa shape index (κ1) is 22.0. The second-order valence-corrected chi connectivity index (χ2v) is 8.71. The van der Waals surface area contributed by atoms with E-state index in [4.69, 9.17) is 4.74 Å². The van der Waals surface area contributed by atoms with E-state index < -0.39 is 5.91 Å². The minimum absolute atomic E-state index is 0.0955. The summed E-state index contributed by atoms with van der Waals surface area (Å²) in [4.78, 5) is 12.5. The van der Waals surface area contributed by atoms with Crippen molar-refractivity contribution in [3.63, 3.8) is 0 Å². The molecular weight excluding hydrogens is 536 g/mol. The van der Waals surface area contributed by atoms with E-state index >= 15 is 0 Å². The highest BCUT2D eigenvalue weighted by Gasteiger charge is 2.12. The van der Waals surface area contributed by atoms with Gasteiger partial charge in [-0.15, -0.1) is 0 Å². The van der Waals surface area contributed by atoms with Gasteiger partial charge in [0.2, 0.25) is 0 Å². The topological polar surface area (TPSA) is 70.9 Å². The van der Waals surface area contributed by atoms with Crippen LogP contribution in [0.1, 0.15) is 21.5 Å². The minimum atomic E-state index is -0.495. The number of hydrogen-bond acceptors (Lipinski definition) is 4. The Bertz CT molecular complexity index is 1280. The number of amides is 1. The molecule has 0 aromatic heterocycles. The molecule has 0 fully saturated rings. The quantitative estimate of drug-likeness (QED) is 0.214. The number of hydrazone groups is 1. The molecule has 7 heteroatoms. The van der Waals surface area contributed by atoms with Crippen LogP contribution in [-0.2, 0) is 6.61 Å². The van der Waals surface area contributed by atoms with Crippen LogP contribution >= 0.6 is 31.9 Å². The van der Waals surface area contributed by atoms with Gasteiger partial charge in [0.05, 0.1) is 20.7 Å². The van der Waals surface area contributed by atoms with Crippen molar-refractivity contribution >= 4 is 54.8 Å². The van der Waals surface area contributed by atoms with Gasteiger partial charge in [0.15, 0.2) is 0 Å². The van der Waals surface area contributed by atoms with E-state index in [-0.39, 0.29) is 11.3 Å². The zero-order chi connectivity index (χ0) is 22.5. The van der Waals surface area contributed by atoms with E-state index in [1.807, 2.05) is 66.7 Å². The van der Waals surface area contributed by atoms with Gasteiger partial charge in [0, 0.05) is 0 Å². The molecule has 0 bridgehead atoms. The molecule has 0 spiro atoms. The fourth-order valence-electron chi connectivity index (χ4n) is 3.16. The maximum Gasteiger partial charge on any atom is 0.275 e. The molecule has 4 aromatic rings. The van der Waals surface area contributed by atoms with Crippen LogP contribution in [0.3, 0.4) is 0 Å². The maximum atomic E-state index is 12.5. The summed E-state index contributed by atoms with van der Waals surface area (Å²) in [5.41, 5.74) is 4.44. The van der Waals surface area contributed by atoms with Gasteiger partial charge in [-0.1, -0.05) is 54.6 Å². The third kappa shape index (κ3) is 5.18. The smallest absolute Gasteiger partial charge is 0.275 e. The largest absolute Gasteiger partial charge is 0.507 e. The summed E-state index contributed by atoms with van der Waals surface area (Å²) in [6.07, 6.45) is 1.52. The van der Waals surface area contributed by atoms with Crippen molar-refractivity contribution in [2.24, 2.45) is 5.10 Å². The SMILES string of the molecule is O=C(NN=Cc1cc(Br)c(OCc2ccccc2)c(Br)c1)c1cc2ccccc2cc1O. The lowest BCUT2D eigenvalue weighted by atomic mass is 10.1. The number of benzene rings is 4. The Morgan fingerprint density at radius 1 is 0.938 bits per heavy atom. The molecule has 0 unspecified atom stereocenters. The number of nitrogens with one attached hydrogen (secondary N) is 1. The lowest BCUT2D eigenvalue weighted by Crippen LogP contribution is -2.17. The number of halogens is 2. The van der Waals surface area contributed by atoms with E-state index in [9.17, 15) is 9.90 Å². The predicted octanol–water partition coefficient (Wildman–Crippen LogP) is 6.41. The Labute approximate surface area is 202 Å². The molecule has 0 aliphatic rings. The van der Waals surface area contributed by atoms with Gasteiger partial charge in [0.25, 0.3) is 5.91 Å². The summed E-state index contributed by atoms with van der Waals surface area (Å²) in [6, 6.07) is 24.3. The Kier molecular flexibility index (Phi) is 6.87. The molecule has 0 radical (unpaired) electrons. The van der Waals surface area contributed by atoms with Crippen molar-refractivity contribution in [2.45, 2.75) is 6.61 Å². The van der Waals surface area contributed by atoms with Gasteiger partial charge in [0.1, 0.15) is 18.1 Å². The summed E-state index contributed by atoms with van der Waals surface area (Å²) >= 11 is 7.05. The first-order valence-electron chi connectivity index (χ1n) is 9.72. The van der Waals surface area contributed by atoms with Gasteiger partial charge in [-0.2, -0.15) is 5.10 Å². The molecule has 160 valence electrons. The van der Waals surface area contributed by atoms with Gasteiger partial charge < -0.3 is 9.84 Å². The maximum absolute atomic E-state index is 12.5. The monoisotopic (exact) mass is 552 g/mol. The fraction of sp³-hybridized carbons (Fsp3) is 0.0400. The molecule has 1 amide bonds. The molecule has 0 aliphatic heterocycles. The predicted molar refractivity (Wildman–Crippen MR) is 133 cm³/mol. The van der Waals surface area contributed by atoms with Crippen molar-refractivity contribution in [3.05, 3.63) is 104 Å². The number of nitrogens with zero attached hydrogens (tertiary/aromatic N) is 1. The van der Waals surface area contributed by atoms with E-state index in [1.165, 1.54) is 6.21 Å². The Hall–Kier alpha value is -3.16. The number of carbonyl (C=O) groups is 1.